The molecule has 1 aromatic heterocycles. The Morgan fingerprint density at radius 2 is 2.15 bits per heavy atom. The Labute approximate surface area is 128 Å². The van der Waals surface area contributed by atoms with E-state index < -0.39 is 0 Å². The van der Waals surface area contributed by atoms with E-state index in [0.29, 0.717) is 11.6 Å². The Bertz CT molecular complexity index is 513. The number of hydrogen-bond acceptors (Lipinski definition) is 4. The highest BCUT2D eigenvalue weighted by Crippen LogP contribution is 2.27. The fraction of sp³-hybridized carbons (Fsp3) is 0.571. The Balaban J connectivity index is 2.17. The third-order valence-electron chi connectivity index (χ3n) is 3.61. The van der Waals surface area contributed by atoms with E-state index in [2.05, 4.69) is 0 Å². The topological polar surface area (TPSA) is 40.6 Å². The Morgan fingerprint density at radius 1 is 1.45 bits per heavy atom. The molecule has 0 saturated carbocycles. The van der Waals surface area contributed by atoms with E-state index in [1.807, 2.05) is 32.2 Å². The van der Waals surface area contributed by atoms with Crippen LogP contribution in [0, 0.1) is 6.92 Å². The summed E-state index contributed by atoms with van der Waals surface area (Å²) in [6.07, 6.45) is 0. The van der Waals surface area contributed by atoms with Crippen LogP contribution in [0.25, 0.3) is 0 Å². The summed E-state index contributed by atoms with van der Waals surface area (Å²) in [4.78, 5) is 29.2. The zero-order valence-corrected chi connectivity index (χ0v) is 13.9. The van der Waals surface area contributed by atoms with E-state index in [-0.39, 0.29) is 23.9 Å². The van der Waals surface area contributed by atoms with E-state index in [4.69, 9.17) is 0 Å². The monoisotopic (exact) mass is 312 g/mol. The molecule has 0 spiro atoms. The number of likely N-dealkylation sites (N-methyl/N-ethyl adjacent to an activating group) is 1. The van der Waals surface area contributed by atoms with Gasteiger partial charge in [0.15, 0.2) is 0 Å². The summed E-state index contributed by atoms with van der Waals surface area (Å²) < 4.78 is 0. The van der Waals surface area contributed by atoms with Gasteiger partial charge in [-0.2, -0.15) is 0 Å². The van der Waals surface area contributed by atoms with Crippen LogP contribution in [0.3, 0.4) is 0 Å². The molecule has 1 fully saturated rings. The van der Waals surface area contributed by atoms with Crippen LogP contribution in [-0.2, 0) is 4.79 Å². The molecule has 2 amide bonds. The molecule has 0 aliphatic carbocycles. The Hall–Kier alpha value is -1.01. The molecule has 1 aliphatic rings. The fourth-order valence-corrected chi connectivity index (χ4v) is 4.08. The van der Waals surface area contributed by atoms with Crippen LogP contribution < -0.4 is 0 Å². The van der Waals surface area contributed by atoms with Crippen LogP contribution in [0.5, 0.6) is 0 Å². The van der Waals surface area contributed by atoms with Crippen LogP contribution in [0.2, 0.25) is 0 Å². The first-order chi connectivity index (χ1) is 9.43. The highest BCUT2D eigenvalue weighted by atomic mass is 32.2. The summed E-state index contributed by atoms with van der Waals surface area (Å²) in [6, 6.07) is 1.76. The number of nitrogens with zero attached hydrogens (tertiary/aromatic N) is 2. The Morgan fingerprint density at radius 3 is 2.70 bits per heavy atom. The van der Waals surface area contributed by atoms with Crippen molar-refractivity contribution in [2.75, 3.05) is 18.7 Å². The number of hydrogen-bond donors (Lipinski definition) is 0. The number of rotatable bonds is 3. The van der Waals surface area contributed by atoms with Crippen molar-refractivity contribution in [1.82, 2.24) is 9.80 Å². The molecule has 20 heavy (non-hydrogen) atoms. The normalized spacial score (nSPS) is 18.6. The number of amides is 2. The number of thiophene rings is 1. The van der Waals surface area contributed by atoms with E-state index in [9.17, 15) is 9.59 Å². The van der Waals surface area contributed by atoms with Gasteiger partial charge in [-0.15, -0.1) is 23.1 Å². The predicted molar refractivity (Wildman–Crippen MR) is 84.2 cm³/mol. The zero-order chi connectivity index (χ0) is 14.9. The minimum Gasteiger partial charge on any atom is -0.342 e. The SMILES string of the molecule is Cc1ccsc1C(=O)N1CSC[C@@H]1C(=O)N(C)C(C)C. The number of aryl methyl sites for hydroxylation is 1. The molecule has 2 heterocycles. The van der Waals surface area contributed by atoms with Crippen molar-refractivity contribution in [1.29, 1.82) is 0 Å². The molecule has 1 saturated heterocycles. The smallest absolute Gasteiger partial charge is 0.265 e. The van der Waals surface area contributed by atoms with Crippen LogP contribution in [0.4, 0.5) is 0 Å². The molecule has 0 radical (unpaired) electrons. The molecular weight excluding hydrogens is 292 g/mol. The average Bonchev–Trinajstić information content (AvgIpc) is 3.04. The average molecular weight is 312 g/mol. The third kappa shape index (κ3) is 2.86. The van der Waals surface area contributed by atoms with Crippen molar-refractivity contribution in [2.24, 2.45) is 0 Å². The molecule has 2 rings (SSSR count). The van der Waals surface area contributed by atoms with Crippen molar-refractivity contribution in [2.45, 2.75) is 32.9 Å². The van der Waals surface area contributed by atoms with Crippen LogP contribution in [0.15, 0.2) is 11.4 Å². The standard InChI is InChI=1S/C14H20N2O2S2/c1-9(2)15(4)13(17)11-7-19-8-16(11)14(18)12-10(3)5-6-20-12/h5-6,9,11H,7-8H2,1-4H3/t11-/m1/s1. The molecule has 6 heteroatoms. The molecule has 1 atom stereocenters. The first kappa shape index (κ1) is 15.4. The van der Waals surface area contributed by atoms with E-state index in [0.717, 1.165) is 10.4 Å². The lowest BCUT2D eigenvalue weighted by Gasteiger charge is -2.29. The van der Waals surface area contributed by atoms with Crippen LogP contribution >= 0.6 is 23.1 Å². The lowest BCUT2D eigenvalue weighted by Crippen LogP contribution is -2.49. The number of carbonyl (C=O) groups excluding carboxylic acids is 2. The van der Waals surface area contributed by atoms with Gasteiger partial charge in [-0.1, -0.05) is 0 Å². The molecule has 1 aromatic rings. The molecule has 0 bridgehead atoms. The van der Waals surface area contributed by atoms with Gasteiger partial charge in [-0.3, -0.25) is 9.59 Å². The van der Waals surface area contributed by atoms with Gasteiger partial charge in [-0.25, -0.2) is 0 Å². The first-order valence-corrected chi connectivity index (χ1v) is 8.66. The molecule has 1 aliphatic heterocycles. The van der Waals surface area contributed by atoms with Crippen LogP contribution in [-0.4, -0.2) is 52.4 Å². The summed E-state index contributed by atoms with van der Waals surface area (Å²) in [5, 5.41) is 1.92. The van der Waals surface area contributed by atoms with Gasteiger partial charge < -0.3 is 9.80 Å². The summed E-state index contributed by atoms with van der Waals surface area (Å²) in [7, 11) is 1.80. The number of carbonyl (C=O) groups is 2. The van der Waals surface area contributed by atoms with Crippen molar-refractivity contribution in [3.63, 3.8) is 0 Å². The van der Waals surface area contributed by atoms with Gasteiger partial charge in [0.1, 0.15) is 6.04 Å². The Kier molecular flexibility index (Phi) is 4.75. The van der Waals surface area contributed by atoms with E-state index >= 15 is 0 Å². The maximum atomic E-state index is 12.6. The maximum Gasteiger partial charge on any atom is 0.265 e. The van der Waals surface area contributed by atoms with Gasteiger partial charge >= 0.3 is 0 Å². The molecule has 0 aromatic carbocycles. The fourth-order valence-electron chi connectivity index (χ4n) is 2.06. The highest BCUT2D eigenvalue weighted by molar-refractivity contribution is 7.99. The van der Waals surface area contributed by atoms with Gasteiger partial charge in [0.25, 0.3) is 5.91 Å². The van der Waals surface area contributed by atoms with Crippen molar-refractivity contribution in [3.8, 4) is 0 Å². The van der Waals surface area contributed by atoms with Gasteiger partial charge in [-0.05, 0) is 37.8 Å². The second kappa shape index (κ2) is 6.18. The lowest BCUT2D eigenvalue weighted by molar-refractivity contribution is -0.135. The van der Waals surface area contributed by atoms with Gasteiger partial charge in [0.2, 0.25) is 5.91 Å². The van der Waals surface area contributed by atoms with E-state index in [1.54, 1.807) is 28.6 Å². The molecule has 0 N–H and O–H groups in total. The largest absolute Gasteiger partial charge is 0.342 e. The molecular formula is C14H20N2O2S2. The quantitative estimate of drug-likeness (QED) is 0.861. The summed E-state index contributed by atoms with van der Waals surface area (Å²) in [5.74, 6) is 1.30. The summed E-state index contributed by atoms with van der Waals surface area (Å²) in [6.45, 7) is 5.90. The van der Waals surface area contributed by atoms with Gasteiger partial charge in [0, 0.05) is 18.8 Å². The molecule has 110 valence electrons. The molecule has 0 unspecified atom stereocenters. The summed E-state index contributed by atoms with van der Waals surface area (Å²) in [5.41, 5.74) is 0.986. The summed E-state index contributed by atoms with van der Waals surface area (Å²) >= 11 is 3.09. The second-order valence-corrected chi connectivity index (χ2v) is 7.18. The molecule has 4 nitrogen and oxygen atoms in total. The minimum absolute atomic E-state index is 0.0157. The van der Waals surface area contributed by atoms with Crippen LogP contribution in [0.1, 0.15) is 29.1 Å². The maximum absolute atomic E-state index is 12.6. The first-order valence-electron chi connectivity index (χ1n) is 6.63. The minimum atomic E-state index is -0.332. The lowest BCUT2D eigenvalue weighted by atomic mass is 10.2. The highest BCUT2D eigenvalue weighted by Gasteiger charge is 2.37. The zero-order valence-electron chi connectivity index (χ0n) is 12.3. The van der Waals surface area contributed by atoms with Gasteiger partial charge in [0.05, 0.1) is 10.8 Å². The third-order valence-corrected chi connectivity index (χ3v) is 5.62. The second-order valence-electron chi connectivity index (χ2n) is 5.27. The van der Waals surface area contributed by atoms with E-state index in [1.165, 1.54) is 11.3 Å². The van der Waals surface area contributed by atoms with Crippen molar-refractivity contribution in [3.05, 3.63) is 21.9 Å². The predicted octanol–water partition coefficient (Wildman–Crippen LogP) is 2.44. The van der Waals surface area contributed by atoms with Crippen molar-refractivity contribution < 1.29 is 9.59 Å². The number of thioether (sulfide) groups is 1. The van der Waals surface area contributed by atoms with Crippen molar-refractivity contribution >= 4 is 34.9 Å².